The van der Waals surface area contributed by atoms with Gasteiger partial charge in [0.05, 0.1) is 5.56 Å². The highest BCUT2D eigenvalue weighted by Crippen LogP contribution is 2.21. The number of carbonyl (C=O) groups is 1. The summed E-state index contributed by atoms with van der Waals surface area (Å²) in [6, 6.07) is 3.58. The van der Waals surface area contributed by atoms with Crippen molar-refractivity contribution in [2.45, 2.75) is 32.8 Å². The SMILES string of the molecule is Cc1cc(N)cc(C(=O)OC2CCN(C)CC2)c1C. The number of nitrogens with two attached hydrogens (primary N) is 1. The first-order valence-electron chi connectivity index (χ1n) is 6.73. The Labute approximate surface area is 114 Å². The zero-order valence-corrected chi connectivity index (χ0v) is 11.9. The van der Waals surface area contributed by atoms with Crippen LogP contribution in [0.2, 0.25) is 0 Å². The molecule has 1 fully saturated rings. The van der Waals surface area contributed by atoms with E-state index in [0.717, 1.165) is 37.1 Å². The predicted octanol–water partition coefficient (Wildman–Crippen LogP) is 2.14. The van der Waals surface area contributed by atoms with Crippen molar-refractivity contribution in [3.63, 3.8) is 0 Å². The second kappa shape index (κ2) is 5.61. The van der Waals surface area contributed by atoms with Gasteiger partial charge >= 0.3 is 5.97 Å². The maximum absolute atomic E-state index is 12.2. The third kappa shape index (κ3) is 3.26. The Morgan fingerprint density at radius 3 is 2.58 bits per heavy atom. The normalized spacial score (nSPS) is 17.4. The molecule has 1 saturated heterocycles. The van der Waals surface area contributed by atoms with Gasteiger partial charge in [-0.25, -0.2) is 4.79 Å². The molecule has 0 spiro atoms. The Morgan fingerprint density at radius 2 is 1.95 bits per heavy atom. The van der Waals surface area contributed by atoms with Crippen LogP contribution in [0.1, 0.15) is 34.3 Å². The average Bonchev–Trinajstić information content (AvgIpc) is 2.36. The summed E-state index contributed by atoms with van der Waals surface area (Å²) >= 11 is 0. The Hall–Kier alpha value is -1.55. The van der Waals surface area contributed by atoms with Crippen molar-refractivity contribution >= 4 is 11.7 Å². The lowest BCUT2D eigenvalue weighted by Gasteiger charge is -2.28. The van der Waals surface area contributed by atoms with Crippen LogP contribution in [-0.2, 0) is 4.74 Å². The standard InChI is InChI=1S/C15H22N2O2/c1-10-8-12(16)9-14(11(10)2)15(18)19-13-4-6-17(3)7-5-13/h8-9,13H,4-7,16H2,1-3H3. The van der Waals surface area contributed by atoms with Crippen LogP contribution in [-0.4, -0.2) is 37.1 Å². The lowest BCUT2D eigenvalue weighted by molar-refractivity contribution is 0.0138. The number of anilines is 1. The van der Waals surface area contributed by atoms with E-state index >= 15 is 0 Å². The fourth-order valence-corrected chi connectivity index (χ4v) is 2.42. The Morgan fingerprint density at radius 1 is 1.32 bits per heavy atom. The fraction of sp³-hybridized carbons (Fsp3) is 0.533. The third-order valence-electron chi connectivity index (χ3n) is 3.85. The molecule has 1 heterocycles. The molecule has 19 heavy (non-hydrogen) atoms. The predicted molar refractivity (Wildman–Crippen MR) is 76.3 cm³/mol. The van der Waals surface area contributed by atoms with Crippen LogP contribution < -0.4 is 5.73 Å². The Kier molecular flexibility index (Phi) is 4.10. The summed E-state index contributed by atoms with van der Waals surface area (Å²) < 4.78 is 5.60. The number of likely N-dealkylation sites (tertiary alicyclic amines) is 1. The molecule has 0 radical (unpaired) electrons. The molecule has 0 aromatic heterocycles. The second-order valence-electron chi connectivity index (χ2n) is 5.42. The second-order valence-corrected chi connectivity index (χ2v) is 5.42. The minimum absolute atomic E-state index is 0.0323. The first-order chi connectivity index (χ1) is 8.97. The first kappa shape index (κ1) is 13.9. The average molecular weight is 262 g/mol. The van der Waals surface area contributed by atoms with Crippen LogP contribution in [0.4, 0.5) is 5.69 Å². The van der Waals surface area contributed by atoms with Crippen molar-refractivity contribution < 1.29 is 9.53 Å². The fourth-order valence-electron chi connectivity index (χ4n) is 2.42. The molecule has 1 aromatic carbocycles. The Bertz CT molecular complexity index is 477. The minimum atomic E-state index is -0.248. The van der Waals surface area contributed by atoms with Gasteiger partial charge in [0.1, 0.15) is 6.10 Å². The van der Waals surface area contributed by atoms with Crippen molar-refractivity contribution in [2.24, 2.45) is 0 Å². The van der Waals surface area contributed by atoms with Crippen molar-refractivity contribution in [2.75, 3.05) is 25.9 Å². The highest BCUT2D eigenvalue weighted by atomic mass is 16.5. The number of carbonyl (C=O) groups excluding carboxylic acids is 1. The highest BCUT2D eigenvalue weighted by molar-refractivity contribution is 5.92. The zero-order chi connectivity index (χ0) is 14.0. The summed E-state index contributed by atoms with van der Waals surface area (Å²) in [6.45, 7) is 5.85. The van der Waals surface area contributed by atoms with Gasteiger partial charge in [-0.15, -0.1) is 0 Å². The van der Waals surface area contributed by atoms with Crippen LogP contribution in [0.3, 0.4) is 0 Å². The van der Waals surface area contributed by atoms with Crippen LogP contribution in [0, 0.1) is 13.8 Å². The molecule has 0 aliphatic carbocycles. The number of aryl methyl sites for hydroxylation is 1. The maximum atomic E-state index is 12.2. The van der Waals surface area contributed by atoms with Gasteiger partial charge < -0.3 is 15.4 Å². The molecule has 0 atom stereocenters. The van der Waals surface area contributed by atoms with Crippen molar-refractivity contribution in [1.29, 1.82) is 0 Å². The van der Waals surface area contributed by atoms with Crippen LogP contribution in [0.15, 0.2) is 12.1 Å². The number of nitrogens with zero attached hydrogens (tertiary/aromatic N) is 1. The quantitative estimate of drug-likeness (QED) is 0.655. The number of ether oxygens (including phenoxy) is 1. The molecule has 2 rings (SSSR count). The summed E-state index contributed by atoms with van der Waals surface area (Å²) in [5.74, 6) is -0.248. The number of esters is 1. The van der Waals surface area contributed by atoms with Crippen molar-refractivity contribution in [3.05, 3.63) is 28.8 Å². The Balaban J connectivity index is 2.08. The summed E-state index contributed by atoms with van der Waals surface area (Å²) in [6.07, 6.45) is 1.84. The van der Waals surface area contributed by atoms with E-state index in [1.807, 2.05) is 19.9 Å². The van der Waals surface area contributed by atoms with Gasteiger partial charge in [-0.3, -0.25) is 0 Å². The van der Waals surface area contributed by atoms with E-state index in [2.05, 4.69) is 11.9 Å². The van der Waals surface area contributed by atoms with Gasteiger partial charge in [0.2, 0.25) is 0 Å². The van der Waals surface area contributed by atoms with E-state index in [1.54, 1.807) is 6.07 Å². The van der Waals surface area contributed by atoms with Crippen molar-refractivity contribution in [3.8, 4) is 0 Å². The van der Waals surface area contributed by atoms with E-state index < -0.39 is 0 Å². The third-order valence-corrected chi connectivity index (χ3v) is 3.85. The smallest absolute Gasteiger partial charge is 0.338 e. The molecular formula is C15H22N2O2. The summed E-state index contributed by atoms with van der Waals surface area (Å²) in [4.78, 5) is 14.5. The molecule has 0 bridgehead atoms. The van der Waals surface area contributed by atoms with Gasteiger partial charge in [0, 0.05) is 18.8 Å². The molecule has 1 aromatic rings. The number of benzene rings is 1. The topological polar surface area (TPSA) is 55.6 Å². The molecule has 0 saturated carbocycles. The molecule has 0 amide bonds. The molecule has 4 nitrogen and oxygen atoms in total. The van der Waals surface area contributed by atoms with Gasteiger partial charge in [-0.05, 0) is 57.0 Å². The number of rotatable bonds is 2. The number of piperidine rings is 1. The zero-order valence-electron chi connectivity index (χ0n) is 11.9. The van der Waals surface area contributed by atoms with E-state index in [4.69, 9.17) is 10.5 Å². The molecular weight excluding hydrogens is 240 g/mol. The van der Waals surface area contributed by atoms with E-state index in [0.29, 0.717) is 11.3 Å². The van der Waals surface area contributed by atoms with Gasteiger partial charge in [0.25, 0.3) is 0 Å². The summed E-state index contributed by atoms with van der Waals surface area (Å²) in [5.41, 5.74) is 8.98. The molecule has 1 aliphatic heterocycles. The molecule has 104 valence electrons. The molecule has 1 aliphatic rings. The lowest BCUT2D eigenvalue weighted by atomic mass is 10.0. The van der Waals surface area contributed by atoms with Gasteiger partial charge in [-0.2, -0.15) is 0 Å². The molecule has 4 heteroatoms. The first-order valence-corrected chi connectivity index (χ1v) is 6.73. The summed E-state index contributed by atoms with van der Waals surface area (Å²) in [7, 11) is 2.09. The maximum Gasteiger partial charge on any atom is 0.338 e. The number of nitrogen functional groups attached to an aromatic ring is 1. The lowest BCUT2D eigenvalue weighted by Crippen LogP contribution is -2.35. The summed E-state index contributed by atoms with van der Waals surface area (Å²) in [5, 5.41) is 0. The van der Waals surface area contributed by atoms with Crippen LogP contribution >= 0.6 is 0 Å². The van der Waals surface area contributed by atoms with E-state index in [1.165, 1.54) is 0 Å². The van der Waals surface area contributed by atoms with Crippen molar-refractivity contribution in [1.82, 2.24) is 4.90 Å². The largest absolute Gasteiger partial charge is 0.459 e. The van der Waals surface area contributed by atoms with E-state index in [-0.39, 0.29) is 12.1 Å². The monoisotopic (exact) mass is 262 g/mol. The van der Waals surface area contributed by atoms with Gasteiger partial charge in [-0.1, -0.05) is 0 Å². The number of hydrogen-bond acceptors (Lipinski definition) is 4. The van der Waals surface area contributed by atoms with Crippen LogP contribution in [0.5, 0.6) is 0 Å². The molecule has 0 unspecified atom stereocenters. The number of hydrogen-bond donors (Lipinski definition) is 1. The van der Waals surface area contributed by atoms with E-state index in [9.17, 15) is 4.79 Å². The van der Waals surface area contributed by atoms with Gasteiger partial charge in [0.15, 0.2) is 0 Å². The minimum Gasteiger partial charge on any atom is -0.459 e. The van der Waals surface area contributed by atoms with Crippen LogP contribution in [0.25, 0.3) is 0 Å². The molecule has 2 N–H and O–H groups in total. The highest BCUT2D eigenvalue weighted by Gasteiger charge is 2.22.